The van der Waals surface area contributed by atoms with E-state index >= 15 is 0 Å². The van der Waals surface area contributed by atoms with Gasteiger partial charge in [0.25, 0.3) is 5.91 Å². The SMILES string of the molecule is C=S(C)(=O)c1ccc(-c2c[nH]c3nc(Nc4ccc(C(=O)NC)cc4OC)nc(OC4CCCC4)c23)cc1. The number of nitrogens with one attached hydrogen (secondary N) is 3. The van der Waals surface area contributed by atoms with Crippen LogP contribution in [0.1, 0.15) is 36.0 Å². The first kappa shape index (κ1) is 25.6. The number of rotatable bonds is 8. The predicted octanol–water partition coefficient (Wildman–Crippen LogP) is 4.76. The van der Waals surface area contributed by atoms with Gasteiger partial charge in [0.2, 0.25) is 11.8 Å². The summed E-state index contributed by atoms with van der Waals surface area (Å²) in [4.78, 5) is 25.5. The van der Waals surface area contributed by atoms with Crippen molar-refractivity contribution in [1.82, 2.24) is 20.3 Å². The van der Waals surface area contributed by atoms with Crippen LogP contribution in [-0.2, 0) is 9.52 Å². The van der Waals surface area contributed by atoms with Crippen LogP contribution in [0.15, 0.2) is 53.6 Å². The van der Waals surface area contributed by atoms with Gasteiger partial charge >= 0.3 is 0 Å². The standard InChI is InChI=1S/C28H31N5O4S/c1-29-26(34)18-11-14-22(23(15-18)36-2)31-28-32-25-24(27(33-28)37-19-7-5-6-8-19)21(16-30-25)17-9-12-20(13-10-17)38(3,4)35/h9-16,19H,3,5-8H2,1-2,4H3,(H,29,34)(H2,30,31,32,33). The second kappa shape index (κ2) is 10.4. The molecule has 0 saturated heterocycles. The first-order chi connectivity index (χ1) is 18.3. The average molecular weight is 534 g/mol. The highest BCUT2D eigenvalue weighted by molar-refractivity contribution is 7.99. The first-order valence-corrected chi connectivity index (χ1v) is 14.6. The lowest BCUT2D eigenvalue weighted by atomic mass is 10.1. The second-order valence-corrected chi connectivity index (χ2v) is 11.9. The number of aromatic nitrogens is 3. The smallest absolute Gasteiger partial charge is 0.251 e. The number of ether oxygens (including phenoxy) is 2. The van der Waals surface area contributed by atoms with E-state index in [1.54, 1.807) is 38.6 Å². The number of hydrogen-bond acceptors (Lipinski definition) is 7. The van der Waals surface area contributed by atoms with Crippen LogP contribution in [0.25, 0.3) is 22.2 Å². The molecule has 2 heterocycles. The van der Waals surface area contributed by atoms with Gasteiger partial charge in [0.05, 0.1) is 18.2 Å². The molecule has 1 saturated carbocycles. The molecule has 1 aliphatic rings. The molecule has 4 aromatic rings. The highest BCUT2D eigenvalue weighted by atomic mass is 32.2. The Morgan fingerprint density at radius 2 is 1.87 bits per heavy atom. The maximum atomic E-state index is 12.4. The molecule has 2 aromatic heterocycles. The summed E-state index contributed by atoms with van der Waals surface area (Å²) in [7, 11) is 0.821. The Bertz CT molecular complexity index is 1590. The molecule has 2 aromatic carbocycles. The van der Waals surface area contributed by atoms with Crippen molar-refractivity contribution in [2.75, 3.05) is 25.7 Å². The van der Waals surface area contributed by atoms with Crippen LogP contribution in [0.3, 0.4) is 0 Å². The molecule has 0 radical (unpaired) electrons. The van der Waals surface area contributed by atoms with Crippen molar-refractivity contribution in [1.29, 1.82) is 0 Å². The third kappa shape index (κ3) is 5.17. The molecule has 1 amide bonds. The molecule has 198 valence electrons. The number of H-pyrrole nitrogens is 1. The zero-order valence-corrected chi connectivity index (χ0v) is 22.5. The van der Waals surface area contributed by atoms with Gasteiger partial charge in [-0.25, -0.2) is 0 Å². The number of carbonyl (C=O) groups excluding carboxylic acids is 1. The lowest BCUT2D eigenvalue weighted by Crippen LogP contribution is -2.17. The van der Waals surface area contributed by atoms with Gasteiger partial charge in [0.15, 0.2) is 0 Å². The Hall–Kier alpha value is -4.05. The Kier molecular flexibility index (Phi) is 6.98. The van der Waals surface area contributed by atoms with E-state index in [2.05, 4.69) is 21.5 Å². The molecule has 1 aliphatic carbocycles. The maximum absolute atomic E-state index is 12.4. The number of amides is 1. The molecular weight excluding hydrogens is 502 g/mol. The van der Waals surface area contributed by atoms with E-state index in [1.165, 1.54) is 0 Å². The lowest BCUT2D eigenvalue weighted by Gasteiger charge is -2.16. The van der Waals surface area contributed by atoms with Crippen molar-refractivity contribution in [2.45, 2.75) is 36.7 Å². The molecule has 9 nitrogen and oxygen atoms in total. The zero-order valence-electron chi connectivity index (χ0n) is 21.7. The summed E-state index contributed by atoms with van der Waals surface area (Å²) in [5.74, 6) is 4.88. The van der Waals surface area contributed by atoms with Gasteiger partial charge in [-0.15, -0.1) is 0 Å². The average Bonchev–Trinajstić information content (AvgIpc) is 3.58. The van der Waals surface area contributed by atoms with Gasteiger partial charge < -0.3 is 25.1 Å². The summed E-state index contributed by atoms with van der Waals surface area (Å²) in [6, 6.07) is 12.7. The number of methoxy groups -OCH3 is 1. The summed E-state index contributed by atoms with van der Waals surface area (Å²) in [5, 5.41) is 6.61. The van der Waals surface area contributed by atoms with E-state index in [4.69, 9.17) is 19.4 Å². The third-order valence-corrected chi connectivity index (χ3v) is 7.95. The second-order valence-electron chi connectivity index (χ2n) is 9.45. The van der Waals surface area contributed by atoms with Crippen LogP contribution in [0, 0.1) is 0 Å². The van der Waals surface area contributed by atoms with Crippen LogP contribution < -0.4 is 20.1 Å². The van der Waals surface area contributed by atoms with E-state index < -0.39 is 9.52 Å². The summed E-state index contributed by atoms with van der Waals surface area (Å²) < 4.78 is 24.3. The molecule has 1 unspecified atom stereocenters. The Morgan fingerprint density at radius 1 is 1.13 bits per heavy atom. The number of nitrogens with zero attached hydrogens (tertiary/aromatic N) is 2. The fraction of sp³-hybridized carbons (Fsp3) is 0.286. The molecule has 3 N–H and O–H groups in total. The molecule has 0 aliphatic heterocycles. The van der Waals surface area contributed by atoms with Crippen molar-refractivity contribution in [2.24, 2.45) is 0 Å². The van der Waals surface area contributed by atoms with Crippen LogP contribution >= 0.6 is 0 Å². The van der Waals surface area contributed by atoms with E-state index in [1.807, 2.05) is 30.5 Å². The quantitative estimate of drug-likeness (QED) is 0.279. The predicted molar refractivity (Wildman–Crippen MR) is 151 cm³/mol. The molecule has 0 spiro atoms. The van der Waals surface area contributed by atoms with Gasteiger partial charge in [0.1, 0.15) is 17.5 Å². The monoisotopic (exact) mass is 533 g/mol. The van der Waals surface area contributed by atoms with Gasteiger partial charge in [-0.05, 0) is 77.0 Å². The number of fused-ring (bicyclic) bond motifs is 1. The van der Waals surface area contributed by atoms with E-state index in [0.717, 1.165) is 42.2 Å². The van der Waals surface area contributed by atoms with Gasteiger partial charge in [-0.2, -0.15) is 9.97 Å². The van der Waals surface area contributed by atoms with Crippen LogP contribution in [0.2, 0.25) is 0 Å². The Labute approximate surface area is 222 Å². The van der Waals surface area contributed by atoms with E-state index in [9.17, 15) is 9.00 Å². The molecular formula is C28H31N5O4S. The number of carbonyl (C=O) groups is 1. The van der Waals surface area contributed by atoms with Crippen molar-refractivity contribution in [3.8, 4) is 22.8 Å². The topological polar surface area (TPSA) is 118 Å². The normalized spacial score (nSPS) is 15.2. The van der Waals surface area contributed by atoms with Crippen molar-refractivity contribution < 1.29 is 18.5 Å². The molecule has 1 atom stereocenters. The minimum Gasteiger partial charge on any atom is -0.495 e. The maximum Gasteiger partial charge on any atom is 0.251 e. The molecule has 5 rings (SSSR count). The minimum atomic E-state index is -2.30. The van der Waals surface area contributed by atoms with Crippen molar-refractivity contribution in [3.63, 3.8) is 0 Å². The summed E-state index contributed by atoms with van der Waals surface area (Å²) in [5.41, 5.74) is 3.53. The number of hydrogen-bond donors (Lipinski definition) is 3. The van der Waals surface area contributed by atoms with Crippen molar-refractivity contribution in [3.05, 3.63) is 54.2 Å². The number of benzene rings is 2. The number of aromatic amines is 1. The molecule has 1 fully saturated rings. The first-order valence-electron chi connectivity index (χ1n) is 12.4. The lowest BCUT2D eigenvalue weighted by molar-refractivity contribution is 0.0962. The number of anilines is 2. The summed E-state index contributed by atoms with van der Waals surface area (Å²) in [6.07, 6.45) is 7.81. The van der Waals surface area contributed by atoms with Crippen LogP contribution in [-0.4, -0.2) is 57.5 Å². The fourth-order valence-corrected chi connectivity index (χ4v) is 5.37. The van der Waals surface area contributed by atoms with Crippen molar-refractivity contribution >= 4 is 44.0 Å². The summed E-state index contributed by atoms with van der Waals surface area (Å²) in [6.45, 7) is 0. The Balaban J connectivity index is 1.56. The zero-order chi connectivity index (χ0) is 26.9. The van der Waals surface area contributed by atoms with E-state index in [-0.39, 0.29) is 12.0 Å². The summed E-state index contributed by atoms with van der Waals surface area (Å²) >= 11 is 0. The van der Waals surface area contributed by atoms with Crippen LogP contribution in [0.4, 0.5) is 11.6 Å². The van der Waals surface area contributed by atoms with Crippen LogP contribution in [0.5, 0.6) is 11.6 Å². The molecule has 10 heteroatoms. The molecule has 0 bridgehead atoms. The van der Waals surface area contributed by atoms with Gasteiger partial charge in [0, 0.05) is 35.5 Å². The largest absolute Gasteiger partial charge is 0.495 e. The van der Waals surface area contributed by atoms with Gasteiger partial charge in [-0.1, -0.05) is 12.1 Å². The fourth-order valence-electron chi connectivity index (χ4n) is 4.66. The Morgan fingerprint density at radius 3 is 2.53 bits per heavy atom. The highest BCUT2D eigenvalue weighted by Gasteiger charge is 2.23. The highest BCUT2D eigenvalue weighted by Crippen LogP contribution is 2.37. The molecule has 38 heavy (non-hydrogen) atoms. The van der Waals surface area contributed by atoms with Gasteiger partial charge in [-0.3, -0.25) is 9.00 Å². The van der Waals surface area contributed by atoms with E-state index in [0.29, 0.717) is 39.4 Å². The minimum absolute atomic E-state index is 0.0865. The third-order valence-electron chi connectivity index (χ3n) is 6.68.